The monoisotopic (exact) mass is 389 g/mol. The van der Waals surface area contributed by atoms with Gasteiger partial charge >= 0.3 is 0 Å². The van der Waals surface area contributed by atoms with Crippen LogP contribution in [0.3, 0.4) is 0 Å². The number of thiazole rings is 1. The first-order valence-corrected chi connectivity index (χ1v) is 9.88. The van der Waals surface area contributed by atoms with Gasteiger partial charge in [-0.15, -0.1) is 11.3 Å². The van der Waals surface area contributed by atoms with Crippen molar-refractivity contribution in [2.24, 2.45) is 5.14 Å². The summed E-state index contributed by atoms with van der Waals surface area (Å²) in [5.74, 6) is 0.413. The number of hydrogen-bond acceptors (Lipinski definition) is 7. The van der Waals surface area contributed by atoms with Crippen LogP contribution < -0.4 is 15.8 Å². The number of hydrogen-bond donors (Lipinski definition) is 3. The Morgan fingerprint density at radius 2 is 1.92 bits per heavy atom. The molecule has 4 N–H and O–H groups in total. The summed E-state index contributed by atoms with van der Waals surface area (Å²) in [5.41, 5.74) is 1.09. The van der Waals surface area contributed by atoms with Crippen LogP contribution in [0.15, 0.2) is 58.9 Å². The molecule has 0 bridgehead atoms. The van der Waals surface area contributed by atoms with Crippen LogP contribution in [0.2, 0.25) is 0 Å². The molecule has 0 saturated carbocycles. The molecule has 134 valence electrons. The Hall–Kier alpha value is -2.82. The van der Waals surface area contributed by atoms with Crippen LogP contribution in [0.1, 0.15) is 5.69 Å². The van der Waals surface area contributed by atoms with Crippen LogP contribution in [0.25, 0.3) is 0 Å². The number of sulfonamides is 1. The Morgan fingerprint density at radius 1 is 1.15 bits per heavy atom. The smallest absolute Gasteiger partial charge is 0.238 e. The highest BCUT2D eigenvalue weighted by molar-refractivity contribution is 7.89. The lowest BCUT2D eigenvalue weighted by molar-refractivity contribution is -0.115. The normalized spacial score (nSPS) is 11.1. The van der Waals surface area contributed by atoms with Gasteiger partial charge in [-0.05, 0) is 36.4 Å². The third kappa shape index (κ3) is 4.85. The fraction of sp³-hybridized carbons (Fsp3) is 0.0625. The molecule has 3 rings (SSSR count). The van der Waals surface area contributed by atoms with Gasteiger partial charge in [-0.2, -0.15) is 0 Å². The summed E-state index contributed by atoms with van der Waals surface area (Å²) in [6, 6.07) is 11.1. The summed E-state index contributed by atoms with van der Waals surface area (Å²) in [5, 5.41) is 13.2. The summed E-state index contributed by atoms with van der Waals surface area (Å²) in [6.45, 7) is 0. The number of nitrogens with zero attached hydrogens (tertiary/aromatic N) is 2. The van der Waals surface area contributed by atoms with Gasteiger partial charge < -0.3 is 10.6 Å². The van der Waals surface area contributed by atoms with Crippen LogP contribution >= 0.6 is 11.3 Å². The first-order chi connectivity index (χ1) is 12.4. The fourth-order valence-corrected chi connectivity index (χ4v) is 3.32. The molecule has 10 heteroatoms. The number of carbonyl (C=O) groups is 1. The third-order valence-electron chi connectivity index (χ3n) is 3.26. The number of amides is 1. The summed E-state index contributed by atoms with van der Waals surface area (Å²) in [6.07, 6.45) is 1.77. The van der Waals surface area contributed by atoms with Gasteiger partial charge in [0.2, 0.25) is 15.9 Å². The molecular weight excluding hydrogens is 374 g/mol. The van der Waals surface area contributed by atoms with Crippen molar-refractivity contribution in [3.05, 3.63) is 59.7 Å². The van der Waals surface area contributed by atoms with E-state index in [9.17, 15) is 13.2 Å². The van der Waals surface area contributed by atoms with Crippen LogP contribution in [-0.2, 0) is 21.2 Å². The van der Waals surface area contributed by atoms with E-state index in [4.69, 9.17) is 5.14 Å². The lowest BCUT2D eigenvalue weighted by Crippen LogP contribution is -2.15. The molecule has 0 aliphatic heterocycles. The standard InChI is InChI=1S/C16H15N5O3S2/c17-26(23,24)13-6-4-11(5-7-13)19-15(22)9-12-10-25-16(20-12)21-14-3-1-2-8-18-14/h1-8,10H,9H2,(H,19,22)(H2,17,23,24)(H,18,20,21). The van der Waals surface area contributed by atoms with Crippen LogP contribution in [0.4, 0.5) is 16.6 Å². The van der Waals surface area contributed by atoms with Gasteiger partial charge in [-0.1, -0.05) is 6.07 Å². The molecule has 3 aromatic rings. The highest BCUT2D eigenvalue weighted by Gasteiger charge is 2.10. The largest absolute Gasteiger partial charge is 0.326 e. The Bertz CT molecular complexity index is 1000. The molecule has 0 atom stereocenters. The number of pyridine rings is 1. The van der Waals surface area contributed by atoms with Crippen LogP contribution in [0.5, 0.6) is 0 Å². The number of nitrogens with one attached hydrogen (secondary N) is 2. The molecule has 0 fully saturated rings. The maximum atomic E-state index is 12.1. The molecule has 8 nitrogen and oxygen atoms in total. The molecular formula is C16H15N5O3S2. The fourth-order valence-electron chi connectivity index (χ4n) is 2.09. The summed E-state index contributed by atoms with van der Waals surface area (Å²) >= 11 is 1.37. The van der Waals surface area contributed by atoms with Gasteiger partial charge in [0.15, 0.2) is 5.13 Å². The lowest BCUT2D eigenvalue weighted by atomic mass is 10.3. The molecule has 0 aliphatic rings. The van der Waals surface area contributed by atoms with Crippen molar-refractivity contribution in [3.63, 3.8) is 0 Å². The maximum Gasteiger partial charge on any atom is 0.238 e. The average Bonchev–Trinajstić information content (AvgIpc) is 3.02. The quantitative estimate of drug-likeness (QED) is 0.592. The molecule has 2 aromatic heterocycles. The average molecular weight is 389 g/mol. The van der Waals surface area contributed by atoms with Crippen molar-refractivity contribution >= 4 is 43.9 Å². The predicted molar refractivity (Wildman–Crippen MR) is 99.8 cm³/mol. The van der Waals surface area contributed by atoms with Gasteiger partial charge in [-0.25, -0.2) is 23.5 Å². The SMILES string of the molecule is NS(=O)(=O)c1ccc(NC(=O)Cc2csc(Nc3ccccn3)n2)cc1. The van der Waals surface area contributed by atoms with Gasteiger partial charge in [-0.3, -0.25) is 4.79 Å². The minimum atomic E-state index is -3.75. The Labute approximate surface area is 154 Å². The van der Waals surface area contributed by atoms with E-state index in [1.807, 2.05) is 18.2 Å². The number of benzene rings is 1. The summed E-state index contributed by atoms with van der Waals surface area (Å²) in [4.78, 5) is 20.6. The number of primary sulfonamides is 1. The van der Waals surface area contributed by atoms with E-state index < -0.39 is 10.0 Å². The molecule has 2 heterocycles. The second-order valence-corrected chi connectivity index (χ2v) is 7.70. The van der Waals surface area contributed by atoms with Crippen molar-refractivity contribution in [3.8, 4) is 0 Å². The number of nitrogens with two attached hydrogens (primary N) is 1. The molecule has 0 aliphatic carbocycles. The van der Waals surface area contributed by atoms with E-state index >= 15 is 0 Å². The first kappa shape index (κ1) is 18.0. The lowest BCUT2D eigenvalue weighted by Gasteiger charge is -2.05. The van der Waals surface area contributed by atoms with E-state index in [0.29, 0.717) is 22.3 Å². The van der Waals surface area contributed by atoms with Gasteiger partial charge in [0.1, 0.15) is 5.82 Å². The zero-order valence-corrected chi connectivity index (χ0v) is 15.0. The van der Waals surface area contributed by atoms with Crippen molar-refractivity contribution in [2.75, 3.05) is 10.6 Å². The highest BCUT2D eigenvalue weighted by atomic mass is 32.2. The van der Waals surface area contributed by atoms with Crippen molar-refractivity contribution in [1.82, 2.24) is 9.97 Å². The first-order valence-electron chi connectivity index (χ1n) is 7.45. The molecule has 1 amide bonds. The molecule has 26 heavy (non-hydrogen) atoms. The third-order valence-corrected chi connectivity index (χ3v) is 5.00. The minimum Gasteiger partial charge on any atom is -0.326 e. The van der Waals surface area contributed by atoms with Gasteiger partial charge in [0.25, 0.3) is 0 Å². The number of rotatable bonds is 6. The Morgan fingerprint density at radius 3 is 2.58 bits per heavy atom. The Kier molecular flexibility index (Phi) is 5.26. The number of carbonyl (C=O) groups excluding carboxylic acids is 1. The highest BCUT2D eigenvalue weighted by Crippen LogP contribution is 2.20. The van der Waals surface area contributed by atoms with E-state index in [-0.39, 0.29) is 17.2 Å². The molecule has 1 aromatic carbocycles. The second-order valence-electron chi connectivity index (χ2n) is 5.28. The summed E-state index contributed by atoms with van der Waals surface area (Å²) < 4.78 is 22.4. The van der Waals surface area contributed by atoms with Crippen LogP contribution in [-0.4, -0.2) is 24.3 Å². The van der Waals surface area contributed by atoms with Crippen molar-refractivity contribution < 1.29 is 13.2 Å². The van der Waals surface area contributed by atoms with E-state index in [1.165, 1.54) is 35.6 Å². The van der Waals surface area contributed by atoms with Crippen LogP contribution in [0, 0.1) is 0 Å². The van der Waals surface area contributed by atoms with E-state index in [2.05, 4.69) is 20.6 Å². The topological polar surface area (TPSA) is 127 Å². The molecule has 0 spiro atoms. The van der Waals surface area contributed by atoms with Crippen molar-refractivity contribution in [1.29, 1.82) is 0 Å². The number of aromatic nitrogens is 2. The summed E-state index contributed by atoms with van der Waals surface area (Å²) in [7, 11) is -3.75. The Balaban J connectivity index is 1.58. The van der Waals surface area contributed by atoms with Gasteiger partial charge in [0, 0.05) is 17.3 Å². The second kappa shape index (κ2) is 7.60. The zero-order chi connectivity index (χ0) is 18.6. The molecule has 0 radical (unpaired) electrons. The number of anilines is 3. The van der Waals surface area contributed by atoms with Gasteiger partial charge in [0.05, 0.1) is 17.0 Å². The van der Waals surface area contributed by atoms with Crippen molar-refractivity contribution in [2.45, 2.75) is 11.3 Å². The predicted octanol–water partition coefficient (Wildman–Crippen LogP) is 2.11. The van der Waals surface area contributed by atoms with E-state index in [0.717, 1.165) is 0 Å². The molecule has 0 saturated heterocycles. The molecule has 0 unspecified atom stereocenters. The maximum absolute atomic E-state index is 12.1. The minimum absolute atomic E-state index is 0.0137. The zero-order valence-electron chi connectivity index (χ0n) is 13.4. The van der Waals surface area contributed by atoms with E-state index in [1.54, 1.807) is 11.6 Å².